The van der Waals surface area contributed by atoms with E-state index < -0.39 is 39.2 Å². The number of benzene rings is 2. The summed E-state index contributed by atoms with van der Waals surface area (Å²) >= 11 is 0. The number of anilines is 1. The summed E-state index contributed by atoms with van der Waals surface area (Å²) in [4.78, 5) is 0.711. The van der Waals surface area contributed by atoms with E-state index >= 15 is 0 Å². The summed E-state index contributed by atoms with van der Waals surface area (Å²) in [6.07, 6.45) is -10.0. The topological polar surface area (TPSA) is 49.7 Å². The maximum atomic E-state index is 13.0. The number of rotatable bonds is 1. The van der Waals surface area contributed by atoms with Gasteiger partial charge in [0.25, 0.3) is 10.0 Å². The Morgan fingerprint density at radius 1 is 0.889 bits per heavy atom. The van der Waals surface area contributed by atoms with Crippen LogP contribution in [0.5, 0.6) is 0 Å². The Morgan fingerprint density at radius 3 is 1.93 bits per heavy atom. The lowest BCUT2D eigenvalue weighted by molar-refractivity contribution is -0.143. The molecule has 2 aromatic carbocycles. The minimum atomic E-state index is -5.02. The van der Waals surface area contributed by atoms with Crippen molar-refractivity contribution in [1.29, 1.82) is 0 Å². The van der Waals surface area contributed by atoms with Gasteiger partial charge in [0.2, 0.25) is 0 Å². The number of amidine groups is 1. The van der Waals surface area contributed by atoms with Gasteiger partial charge in [0, 0.05) is 18.3 Å². The van der Waals surface area contributed by atoms with Crippen LogP contribution >= 0.6 is 0 Å². The van der Waals surface area contributed by atoms with Crippen LogP contribution in [0.15, 0.2) is 51.8 Å². The van der Waals surface area contributed by atoms with E-state index in [1.807, 2.05) is 0 Å². The molecule has 0 saturated carbocycles. The third-order valence-electron chi connectivity index (χ3n) is 3.89. The van der Waals surface area contributed by atoms with Crippen LogP contribution in [0, 0.1) is 0 Å². The highest BCUT2D eigenvalue weighted by Crippen LogP contribution is 2.39. The zero-order chi connectivity index (χ0) is 20.2. The number of sulfonamides is 1. The minimum absolute atomic E-state index is 0.00150. The van der Waals surface area contributed by atoms with Crippen LogP contribution in [0.25, 0.3) is 0 Å². The fourth-order valence-corrected chi connectivity index (χ4v) is 3.82. The number of fused-ring (bicyclic) bond motifs is 1. The summed E-state index contributed by atoms with van der Waals surface area (Å²) in [6, 6.07) is 6.54. The van der Waals surface area contributed by atoms with Gasteiger partial charge in [0.15, 0.2) is 5.84 Å². The Morgan fingerprint density at radius 2 is 1.41 bits per heavy atom. The number of halogens is 6. The smallest absolute Gasteiger partial charge is 0.328 e. The van der Waals surface area contributed by atoms with Gasteiger partial charge in [-0.15, -0.1) is 4.40 Å². The van der Waals surface area contributed by atoms with Crippen molar-refractivity contribution in [2.24, 2.45) is 4.40 Å². The predicted octanol–water partition coefficient (Wildman–Crippen LogP) is 4.31. The van der Waals surface area contributed by atoms with E-state index in [2.05, 4.69) is 4.40 Å². The number of alkyl halides is 6. The molecule has 0 unspecified atom stereocenters. The van der Waals surface area contributed by atoms with Crippen LogP contribution < -0.4 is 4.90 Å². The van der Waals surface area contributed by atoms with Crippen molar-refractivity contribution in [2.45, 2.75) is 17.2 Å². The second kappa shape index (κ2) is 5.98. The average Bonchev–Trinajstić information content (AvgIpc) is 2.84. The van der Waals surface area contributed by atoms with Gasteiger partial charge in [-0.2, -0.15) is 34.8 Å². The van der Waals surface area contributed by atoms with E-state index in [-0.39, 0.29) is 22.4 Å². The molecule has 1 aliphatic rings. The molecule has 3 rings (SSSR count). The number of hydrogen-bond acceptors (Lipinski definition) is 3. The molecule has 2 aromatic rings. The van der Waals surface area contributed by atoms with Crippen LogP contribution in [0.2, 0.25) is 0 Å². The van der Waals surface area contributed by atoms with E-state index in [4.69, 9.17) is 0 Å². The first-order chi connectivity index (χ1) is 12.3. The standard InChI is InChI=1S/C16H10F6N2O2S/c1-24(14-12-4-2-3-5-13(12)27(25,26)23-14)11-7-9(15(17,18)19)6-10(8-11)16(20,21)22/h2-8H,1H3. The van der Waals surface area contributed by atoms with Crippen molar-refractivity contribution < 1.29 is 34.8 Å². The van der Waals surface area contributed by atoms with Crippen LogP contribution in [0.4, 0.5) is 32.0 Å². The number of hydrogen-bond donors (Lipinski definition) is 0. The second-order valence-electron chi connectivity index (χ2n) is 5.71. The van der Waals surface area contributed by atoms with Gasteiger partial charge < -0.3 is 4.90 Å². The zero-order valence-electron chi connectivity index (χ0n) is 13.4. The maximum Gasteiger partial charge on any atom is 0.416 e. The van der Waals surface area contributed by atoms with Crippen LogP contribution in [-0.4, -0.2) is 21.3 Å². The molecule has 0 fully saturated rings. The molecule has 0 radical (unpaired) electrons. The summed E-state index contributed by atoms with van der Waals surface area (Å²) in [6.45, 7) is 0. The summed E-state index contributed by atoms with van der Waals surface area (Å²) in [5, 5.41) is 0. The first-order valence-corrected chi connectivity index (χ1v) is 8.72. The van der Waals surface area contributed by atoms with E-state index in [0.717, 1.165) is 11.9 Å². The molecule has 0 amide bonds. The molecular weight excluding hydrogens is 398 g/mol. The Hall–Kier alpha value is -2.56. The Labute approximate surface area is 149 Å². The van der Waals surface area contributed by atoms with Crippen molar-refractivity contribution in [3.63, 3.8) is 0 Å². The predicted molar refractivity (Wildman–Crippen MR) is 85.0 cm³/mol. The molecule has 4 nitrogen and oxygen atoms in total. The second-order valence-corrected chi connectivity index (χ2v) is 7.28. The lowest BCUT2D eigenvalue weighted by atomic mass is 10.1. The molecule has 11 heteroatoms. The highest BCUT2D eigenvalue weighted by Gasteiger charge is 2.38. The molecule has 1 heterocycles. The maximum absolute atomic E-state index is 13.0. The van der Waals surface area contributed by atoms with E-state index in [9.17, 15) is 34.8 Å². The van der Waals surface area contributed by atoms with Gasteiger partial charge in [-0.25, -0.2) is 0 Å². The lowest BCUT2D eigenvalue weighted by Crippen LogP contribution is -2.27. The average molecular weight is 408 g/mol. The summed E-state index contributed by atoms with van der Waals surface area (Å²) in [5.41, 5.74) is -3.42. The molecular formula is C16H10F6N2O2S. The van der Waals surface area contributed by atoms with E-state index in [1.165, 1.54) is 24.3 Å². The Bertz CT molecular complexity index is 1010. The van der Waals surface area contributed by atoms with Gasteiger partial charge >= 0.3 is 12.4 Å². The molecule has 0 bridgehead atoms. The quantitative estimate of drug-likeness (QED) is 0.661. The van der Waals surface area contributed by atoms with Gasteiger partial charge in [0.05, 0.1) is 11.1 Å². The zero-order valence-corrected chi connectivity index (χ0v) is 14.2. The molecule has 0 atom stereocenters. The molecule has 0 saturated heterocycles. The highest BCUT2D eigenvalue weighted by molar-refractivity contribution is 7.90. The van der Waals surface area contributed by atoms with E-state index in [1.54, 1.807) is 0 Å². The first-order valence-electron chi connectivity index (χ1n) is 7.28. The molecule has 27 heavy (non-hydrogen) atoms. The van der Waals surface area contributed by atoms with Crippen molar-refractivity contribution in [2.75, 3.05) is 11.9 Å². The van der Waals surface area contributed by atoms with Crippen molar-refractivity contribution in [1.82, 2.24) is 0 Å². The van der Waals surface area contributed by atoms with Crippen LogP contribution in [0.1, 0.15) is 16.7 Å². The normalized spacial score (nSPS) is 16.0. The lowest BCUT2D eigenvalue weighted by Gasteiger charge is -2.22. The fraction of sp³-hybridized carbons (Fsp3) is 0.188. The molecule has 0 spiro atoms. The molecule has 1 aliphatic heterocycles. The SMILES string of the molecule is CN(C1=NS(=O)(=O)c2ccccc21)c1cc(C(F)(F)F)cc(C(F)(F)F)c1. The van der Waals surface area contributed by atoms with Crippen molar-refractivity contribution >= 4 is 21.5 Å². The van der Waals surface area contributed by atoms with Crippen LogP contribution in [-0.2, 0) is 22.4 Å². The van der Waals surface area contributed by atoms with Gasteiger partial charge in [-0.1, -0.05) is 12.1 Å². The van der Waals surface area contributed by atoms with Crippen molar-refractivity contribution in [3.8, 4) is 0 Å². The molecule has 0 aromatic heterocycles. The fourth-order valence-electron chi connectivity index (χ4n) is 2.58. The third kappa shape index (κ3) is 3.51. The van der Waals surface area contributed by atoms with Crippen molar-refractivity contribution in [3.05, 3.63) is 59.2 Å². The van der Waals surface area contributed by atoms with Crippen LogP contribution in [0.3, 0.4) is 0 Å². The summed E-state index contributed by atoms with van der Waals surface area (Å²) in [7, 11) is -2.94. The minimum Gasteiger partial charge on any atom is -0.328 e. The largest absolute Gasteiger partial charge is 0.416 e. The molecule has 0 N–H and O–H groups in total. The Balaban J connectivity index is 2.17. The van der Waals surface area contributed by atoms with Gasteiger partial charge in [0.1, 0.15) is 4.90 Å². The molecule has 144 valence electrons. The summed E-state index contributed by atoms with van der Waals surface area (Å²) < 4.78 is 106. The number of nitrogens with zero attached hydrogens (tertiary/aromatic N) is 2. The summed E-state index contributed by atoms with van der Waals surface area (Å²) in [5.74, 6) is -0.266. The van der Waals surface area contributed by atoms with E-state index in [0.29, 0.717) is 12.1 Å². The monoisotopic (exact) mass is 408 g/mol. The first kappa shape index (κ1) is 19.2. The van der Waals surface area contributed by atoms with Gasteiger partial charge in [-0.05, 0) is 30.3 Å². The van der Waals surface area contributed by atoms with Gasteiger partial charge in [-0.3, -0.25) is 0 Å². The Kier molecular flexibility index (Phi) is 4.25. The highest BCUT2D eigenvalue weighted by atomic mass is 32.2. The molecule has 0 aliphatic carbocycles. The third-order valence-corrected chi connectivity index (χ3v) is 5.22.